The zero-order valence-corrected chi connectivity index (χ0v) is 9.15. The van der Waals surface area contributed by atoms with Gasteiger partial charge in [0.15, 0.2) is 0 Å². The van der Waals surface area contributed by atoms with Crippen LogP contribution in [0.4, 0.5) is 0 Å². The van der Waals surface area contributed by atoms with Crippen molar-refractivity contribution in [3.05, 3.63) is 40.4 Å². The lowest BCUT2D eigenvalue weighted by molar-refractivity contribution is 0.0694. The fraction of sp³-hybridized carbons (Fsp3) is 0. The number of benzene rings is 2. The second-order valence-electron chi connectivity index (χ2n) is 3.13. The molecule has 4 heteroatoms. The van der Waals surface area contributed by atoms with Gasteiger partial charge in [0.2, 0.25) is 0 Å². The monoisotopic (exact) mass is 266 g/mol. The summed E-state index contributed by atoms with van der Waals surface area (Å²) in [5.41, 5.74) is -0.0789. The predicted octanol–water partition coefficient (Wildman–Crippen LogP) is 3.01. The molecule has 0 saturated carbocycles. The average Bonchev–Trinajstić information content (AvgIpc) is 2.17. The molecule has 0 aliphatic heterocycles. The molecular weight excluding hydrogens is 260 g/mol. The van der Waals surface area contributed by atoms with Gasteiger partial charge in [-0.1, -0.05) is 22.0 Å². The SMILES string of the molecule is O=C(O)c1ccc2cc(Br)ccc2c1O. The summed E-state index contributed by atoms with van der Waals surface area (Å²) >= 11 is 3.31. The Hall–Kier alpha value is -1.55. The molecular formula is C11H7BrO3. The molecule has 0 heterocycles. The zero-order chi connectivity index (χ0) is 11.0. The third-order valence-corrected chi connectivity index (χ3v) is 2.68. The molecule has 2 N–H and O–H groups in total. The molecule has 0 spiro atoms. The lowest BCUT2D eigenvalue weighted by atomic mass is 10.1. The van der Waals surface area contributed by atoms with Crippen LogP contribution < -0.4 is 0 Å². The van der Waals surface area contributed by atoms with Crippen LogP contribution in [0.15, 0.2) is 34.8 Å². The summed E-state index contributed by atoms with van der Waals surface area (Å²) in [7, 11) is 0. The first-order valence-corrected chi connectivity index (χ1v) is 5.03. The Morgan fingerprint density at radius 2 is 1.93 bits per heavy atom. The van der Waals surface area contributed by atoms with Crippen LogP contribution in [-0.4, -0.2) is 16.2 Å². The molecule has 2 rings (SSSR count). The number of halogens is 1. The highest BCUT2D eigenvalue weighted by Crippen LogP contribution is 2.30. The average molecular weight is 267 g/mol. The molecule has 0 aliphatic carbocycles. The van der Waals surface area contributed by atoms with Crippen LogP contribution in [0.3, 0.4) is 0 Å². The van der Waals surface area contributed by atoms with Crippen molar-refractivity contribution in [1.29, 1.82) is 0 Å². The number of carboxylic acids is 1. The molecule has 3 nitrogen and oxygen atoms in total. The van der Waals surface area contributed by atoms with Crippen molar-refractivity contribution in [2.24, 2.45) is 0 Å². The maximum Gasteiger partial charge on any atom is 0.339 e. The molecule has 0 aromatic heterocycles. The topological polar surface area (TPSA) is 57.5 Å². The minimum Gasteiger partial charge on any atom is -0.506 e. The van der Waals surface area contributed by atoms with Gasteiger partial charge in [-0.3, -0.25) is 0 Å². The number of hydrogen-bond donors (Lipinski definition) is 2. The van der Waals surface area contributed by atoms with Gasteiger partial charge in [-0.25, -0.2) is 4.79 Å². The molecule has 76 valence electrons. The smallest absolute Gasteiger partial charge is 0.339 e. The van der Waals surface area contributed by atoms with Gasteiger partial charge in [0.05, 0.1) is 0 Å². The Morgan fingerprint density at radius 3 is 2.60 bits per heavy atom. The van der Waals surface area contributed by atoms with Gasteiger partial charge in [-0.15, -0.1) is 0 Å². The van der Waals surface area contributed by atoms with Gasteiger partial charge in [-0.2, -0.15) is 0 Å². The van der Waals surface area contributed by atoms with E-state index in [1.807, 2.05) is 6.07 Å². The first-order chi connectivity index (χ1) is 7.09. The summed E-state index contributed by atoms with van der Waals surface area (Å²) in [4.78, 5) is 10.8. The van der Waals surface area contributed by atoms with Crippen LogP contribution in [0, 0.1) is 0 Å². The van der Waals surface area contributed by atoms with Gasteiger partial charge in [0.25, 0.3) is 0 Å². The highest BCUT2D eigenvalue weighted by molar-refractivity contribution is 9.10. The number of carbonyl (C=O) groups is 1. The van der Waals surface area contributed by atoms with E-state index in [-0.39, 0.29) is 11.3 Å². The second kappa shape index (κ2) is 3.55. The van der Waals surface area contributed by atoms with Crippen LogP contribution in [0.25, 0.3) is 10.8 Å². The van der Waals surface area contributed by atoms with Crippen LogP contribution in [-0.2, 0) is 0 Å². The zero-order valence-electron chi connectivity index (χ0n) is 7.57. The number of carboxylic acid groups (broad SMARTS) is 1. The highest BCUT2D eigenvalue weighted by atomic mass is 79.9. The van der Waals surface area contributed by atoms with E-state index in [9.17, 15) is 9.90 Å². The molecule has 0 radical (unpaired) electrons. The predicted molar refractivity (Wildman–Crippen MR) is 60.3 cm³/mol. The fourth-order valence-electron chi connectivity index (χ4n) is 1.46. The van der Waals surface area contributed by atoms with E-state index in [0.717, 1.165) is 9.86 Å². The summed E-state index contributed by atoms with van der Waals surface area (Å²) in [5, 5.41) is 19.9. The Bertz CT molecular complexity index is 549. The largest absolute Gasteiger partial charge is 0.506 e. The van der Waals surface area contributed by atoms with E-state index < -0.39 is 5.97 Å². The Balaban J connectivity index is 2.80. The molecule has 0 unspecified atom stereocenters. The van der Waals surface area contributed by atoms with Gasteiger partial charge in [0, 0.05) is 9.86 Å². The quantitative estimate of drug-likeness (QED) is 0.834. The van der Waals surface area contributed by atoms with Crippen LogP contribution in [0.5, 0.6) is 5.75 Å². The Morgan fingerprint density at radius 1 is 1.20 bits per heavy atom. The van der Waals surface area contributed by atoms with Gasteiger partial charge in [-0.05, 0) is 29.7 Å². The van der Waals surface area contributed by atoms with Gasteiger partial charge >= 0.3 is 5.97 Å². The van der Waals surface area contributed by atoms with Crippen molar-refractivity contribution in [2.45, 2.75) is 0 Å². The molecule has 0 amide bonds. The molecule has 2 aromatic carbocycles. The molecule has 0 fully saturated rings. The van der Waals surface area contributed by atoms with E-state index in [0.29, 0.717) is 5.39 Å². The summed E-state index contributed by atoms with van der Waals surface area (Å²) in [6.45, 7) is 0. The molecule has 2 aromatic rings. The lowest BCUT2D eigenvalue weighted by Gasteiger charge is -2.04. The molecule has 0 atom stereocenters. The summed E-state index contributed by atoms with van der Waals surface area (Å²) < 4.78 is 0.887. The highest BCUT2D eigenvalue weighted by Gasteiger charge is 2.11. The van der Waals surface area contributed by atoms with Crippen molar-refractivity contribution in [2.75, 3.05) is 0 Å². The third kappa shape index (κ3) is 1.68. The molecule has 0 bridgehead atoms. The Kier molecular flexibility index (Phi) is 2.36. The van der Waals surface area contributed by atoms with Crippen molar-refractivity contribution in [1.82, 2.24) is 0 Å². The third-order valence-electron chi connectivity index (χ3n) is 2.18. The number of rotatable bonds is 1. The minimum atomic E-state index is -1.13. The van der Waals surface area contributed by atoms with E-state index in [1.165, 1.54) is 6.07 Å². The molecule has 15 heavy (non-hydrogen) atoms. The normalized spacial score (nSPS) is 10.5. The molecule has 0 aliphatic rings. The van der Waals surface area contributed by atoms with E-state index in [4.69, 9.17) is 5.11 Å². The first-order valence-electron chi connectivity index (χ1n) is 4.24. The van der Waals surface area contributed by atoms with Gasteiger partial charge in [0.1, 0.15) is 11.3 Å². The van der Waals surface area contributed by atoms with Crippen LogP contribution in [0.1, 0.15) is 10.4 Å². The van der Waals surface area contributed by atoms with Crippen molar-refractivity contribution < 1.29 is 15.0 Å². The van der Waals surface area contributed by atoms with Crippen molar-refractivity contribution >= 4 is 32.7 Å². The summed E-state index contributed by atoms with van der Waals surface area (Å²) in [6.07, 6.45) is 0. The number of fused-ring (bicyclic) bond motifs is 1. The van der Waals surface area contributed by atoms with E-state index in [1.54, 1.807) is 18.2 Å². The van der Waals surface area contributed by atoms with Crippen molar-refractivity contribution in [3.8, 4) is 5.75 Å². The maximum absolute atomic E-state index is 10.8. The Labute approximate surface area is 94.1 Å². The summed E-state index contributed by atoms with van der Waals surface area (Å²) in [6, 6.07) is 8.32. The molecule has 0 saturated heterocycles. The lowest BCUT2D eigenvalue weighted by Crippen LogP contribution is -1.96. The number of phenols is 1. The summed E-state index contributed by atoms with van der Waals surface area (Å²) in [5.74, 6) is -1.31. The van der Waals surface area contributed by atoms with E-state index in [2.05, 4.69) is 15.9 Å². The minimum absolute atomic E-state index is 0.0789. The standard InChI is InChI=1S/C11H7BrO3/c12-7-2-4-8-6(5-7)1-3-9(10(8)13)11(14)15/h1-5,13H,(H,14,15). The van der Waals surface area contributed by atoms with Crippen LogP contribution >= 0.6 is 15.9 Å². The number of aromatic hydroxyl groups is 1. The maximum atomic E-state index is 10.8. The first kappa shape index (κ1) is 9.98. The van der Waals surface area contributed by atoms with E-state index >= 15 is 0 Å². The number of hydrogen-bond acceptors (Lipinski definition) is 2. The van der Waals surface area contributed by atoms with Crippen LogP contribution in [0.2, 0.25) is 0 Å². The fourth-order valence-corrected chi connectivity index (χ4v) is 1.84. The van der Waals surface area contributed by atoms with Gasteiger partial charge < -0.3 is 10.2 Å². The van der Waals surface area contributed by atoms with Crippen molar-refractivity contribution in [3.63, 3.8) is 0 Å². The second-order valence-corrected chi connectivity index (χ2v) is 4.05. The number of aromatic carboxylic acids is 1.